The Balaban J connectivity index is 2.38. The number of nitrogens with two attached hydrogens (primary N) is 1. The molecule has 2 N–H and O–H groups in total. The molecule has 1 saturated heterocycles. The first-order valence-electron chi connectivity index (χ1n) is 4.81. The van der Waals surface area contributed by atoms with Crippen LogP contribution in [0.15, 0.2) is 12.2 Å². The van der Waals surface area contributed by atoms with E-state index in [0.29, 0.717) is 12.1 Å². The minimum atomic E-state index is 0.370. The van der Waals surface area contributed by atoms with E-state index >= 15 is 0 Å². The van der Waals surface area contributed by atoms with Gasteiger partial charge in [0.25, 0.3) is 0 Å². The van der Waals surface area contributed by atoms with Crippen molar-refractivity contribution in [3.8, 4) is 0 Å². The first-order chi connectivity index (χ1) is 5.65. The van der Waals surface area contributed by atoms with Gasteiger partial charge in [-0.25, -0.2) is 0 Å². The first-order valence-corrected chi connectivity index (χ1v) is 4.81. The fraction of sp³-hybridized carbons (Fsp3) is 0.800. The fourth-order valence-corrected chi connectivity index (χ4v) is 1.65. The normalized spacial score (nSPS) is 30.9. The van der Waals surface area contributed by atoms with Crippen LogP contribution in [0.1, 0.15) is 26.7 Å². The zero-order valence-electron chi connectivity index (χ0n) is 8.21. The summed E-state index contributed by atoms with van der Waals surface area (Å²) in [5.74, 6) is 0. The summed E-state index contributed by atoms with van der Waals surface area (Å²) < 4.78 is 0. The Morgan fingerprint density at radius 3 is 2.75 bits per heavy atom. The van der Waals surface area contributed by atoms with Crippen molar-refractivity contribution in [3.63, 3.8) is 0 Å². The van der Waals surface area contributed by atoms with Gasteiger partial charge in [0.05, 0.1) is 0 Å². The van der Waals surface area contributed by atoms with Crippen LogP contribution in [0.25, 0.3) is 0 Å². The Kier molecular flexibility index (Phi) is 3.29. The lowest BCUT2D eigenvalue weighted by Crippen LogP contribution is -2.37. The van der Waals surface area contributed by atoms with Crippen molar-refractivity contribution in [3.05, 3.63) is 12.2 Å². The minimum absolute atomic E-state index is 0.370. The largest absolute Gasteiger partial charge is 0.326 e. The van der Waals surface area contributed by atoms with Gasteiger partial charge in [-0.1, -0.05) is 19.1 Å². The van der Waals surface area contributed by atoms with Crippen molar-refractivity contribution >= 4 is 0 Å². The molecule has 0 aromatic carbocycles. The van der Waals surface area contributed by atoms with E-state index in [1.165, 1.54) is 5.57 Å². The molecule has 70 valence electrons. The molecule has 0 amide bonds. The second kappa shape index (κ2) is 4.06. The van der Waals surface area contributed by atoms with E-state index in [0.717, 1.165) is 25.9 Å². The highest BCUT2D eigenvalue weighted by molar-refractivity contribution is 5.00. The van der Waals surface area contributed by atoms with Gasteiger partial charge in [-0.15, -0.1) is 0 Å². The van der Waals surface area contributed by atoms with E-state index in [-0.39, 0.29) is 0 Å². The zero-order chi connectivity index (χ0) is 9.14. The van der Waals surface area contributed by atoms with Crippen LogP contribution < -0.4 is 5.73 Å². The van der Waals surface area contributed by atoms with Crippen LogP contribution in [0.2, 0.25) is 0 Å². The molecule has 0 aromatic heterocycles. The summed E-state index contributed by atoms with van der Waals surface area (Å²) >= 11 is 0. The predicted octanol–water partition coefficient (Wildman–Crippen LogP) is 1.37. The van der Waals surface area contributed by atoms with E-state index in [2.05, 4.69) is 25.3 Å². The molecule has 1 aliphatic heterocycles. The third kappa shape index (κ3) is 2.08. The van der Waals surface area contributed by atoms with Crippen molar-refractivity contribution in [1.29, 1.82) is 0 Å². The van der Waals surface area contributed by atoms with Crippen LogP contribution in [-0.2, 0) is 0 Å². The number of hydrogen-bond acceptors (Lipinski definition) is 2. The van der Waals surface area contributed by atoms with E-state index in [9.17, 15) is 0 Å². The number of hydrogen-bond donors (Lipinski definition) is 1. The Labute approximate surface area is 75.4 Å². The molecule has 1 heterocycles. The minimum Gasteiger partial charge on any atom is -0.326 e. The van der Waals surface area contributed by atoms with Crippen LogP contribution in [-0.4, -0.2) is 30.1 Å². The lowest BCUT2D eigenvalue weighted by atomic mass is 10.1. The molecular formula is C10H20N2. The van der Waals surface area contributed by atoms with Crippen molar-refractivity contribution in [2.24, 2.45) is 5.73 Å². The van der Waals surface area contributed by atoms with Gasteiger partial charge in [0.1, 0.15) is 0 Å². The van der Waals surface area contributed by atoms with Crippen molar-refractivity contribution in [2.45, 2.75) is 38.8 Å². The highest BCUT2D eigenvalue weighted by Crippen LogP contribution is 2.17. The van der Waals surface area contributed by atoms with Crippen LogP contribution in [0.4, 0.5) is 0 Å². The summed E-state index contributed by atoms with van der Waals surface area (Å²) in [4.78, 5) is 2.43. The average molecular weight is 168 g/mol. The average Bonchev–Trinajstić information content (AvgIpc) is 2.36. The van der Waals surface area contributed by atoms with Crippen LogP contribution in [0, 0.1) is 0 Å². The van der Waals surface area contributed by atoms with Gasteiger partial charge in [0.15, 0.2) is 0 Å². The molecule has 0 saturated carbocycles. The van der Waals surface area contributed by atoms with Gasteiger partial charge in [-0.05, 0) is 19.8 Å². The van der Waals surface area contributed by atoms with Gasteiger partial charge >= 0.3 is 0 Å². The molecule has 12 heavy (non-hydrogen) atoms. The lowest BCUT2D eigenvalue weighted by molar-refractivity contribution is 0.280. The van der Waals surface area contributed by atoms with Crippen molar-refractivity contribution in [1.82, 2.24) is 4.90 Å². The molecule has 0 aromatic rings. The number of rotatable bonds is 3. The van der Waals surface area contributed by atoms with Gasteiger partial charge in [0.2, 0.25) is 0 Å². The van der Waals surface area contributed by atoms with E-state index in [1.807, 2.05) is 0 Å². The first kappa shape index (κ1) is 9.75. The van der Waals surface area contributed by atoms with Gasteiger partial charge in [0, 0.05) is 25.2 Å². The Morgan fingerprint density at radius 1 is 1.67 bits per heavy atom. The molecular weight excluding hydrogens is 148 g/mol. The molecule has 2 unspecified atom stereocenters. The molecule has 0 radical (unpaired) electrons. The second-order valence-corrected chi connectivity index (χ2v) is 3.77. The Hall–Kier alpha value is -0.340. The third-order valence-electron chi connectivity index (χ3n) is 2.87. The Morgan fingerprint density at radius 2 is 2.33 bits per heavy atom. The van der Waals surface area contributed by atoms with Gasteiger partial charge in [-0.3, -0.25) is 4.90 Å². The number of likely N-dealkylation sites (tertiary alicyclic amines) is 1. The van der Waals surface area contributed by atoms with Crippen molar-refractivity contribution < 1.29 is 0 Å². The van der Waals surface area contributed by atoms with E-state index in [4.69, 9.17) is 5.73 Å². The zero-order valence-corrected chi connectivity index (χ0v) is 8.21. The van der Waals surface area contributed by atoms with E-state index < -0.39 is 0 Å². The molecule has 0 spiro atoms. The quantitative estimate of drug-likeness (QED) is 0.645. The van der Waals surface area contributed by atoms with Crippen LogP contribution in [0.5, 0.6) is 0 Å². The summed E-state index contributed by atoms with van der Waals surface area (Å²) in [5.41, 5.74) is 7.23. The maximum absolute atomic E-state index is 5.91. The molecule has 0 aliphatic carbocycles. The maximum Gasteiger partial charge on any atom is 0.0222 e. The molecule has 1 rings (SSSR count). The third-order valence-corrected chi connectivity index (χ3v) is 2.87. The van der Waals surface area contributed by atoms with E-state index in [1.54, 1.807) is 0 Å². The molecule has 2 nitrogen and oxygen atoms in total. The smallest absolute Gasteiger partial charge is 0.0222 e. The second-order valence-electron chi connectivity index (χ2n) is 3.77. The summed E-state index contributed by atoms with van der Waals surface area (Å²) in [6.07, 6.45) is 2.22. The molecule has 2 atom stereocenters. The standard InChI is InChI=1S/C10H20N2/c1-4-8(2)7-12-6-5-10(11)9(12)3/h9-10H,2,4-7,11H2,1,3H3. The topological polar surface area (TPSA) is 29.3 Å². The van der Waals surface area contributed by atoms with Crippen LogP contribution in [0.3, 0.4) is 0 Å². The maximum atomic E-state index is 5.91. The fourth-order valence-electron chi connectivity index (χ4n) is 1.65. The highest BCUT2D eigenvalue weighted by atomic mass is 15.2. The lowest BCUT2D eigenvalue weighted by Gasteiger charge is -2.23. The molecule has 2 heteroatoms. The number of nitrogens with zero attached hydrogens (tertiary/aromatic N) is 1. The summed E-state index contributed by atoms with van der Waals surface area (Å²) in [6.45, 7) is 10.6. The van der Waals surface area contributed by atoms with Crippen LogP contribution >= 0.6 is 0 Å². The Bertz CT molecular complexity index is 165. The summed E-state index contributed by atoms with van der Waals surface area (Å²) in [7, 11) is 0. The van der Waals surface area contributed by atoms with Gasteiger partial charge < -0.3 is 5.73 Å². The SMILES string of the molecule is C=C(CC)CN1CCC(N)C1C. The summed E-state index contributed by atoms with van der Waals surface area (Å²) in [5, 5.41) is 0. The predicted molar refractivity (Wildman–Crippen MR) is 53.1 cm³/mol. The highest BCUT2D eigenvalue weighted by Gasteiger charge is 2.27. The van der Waals surface area contributed by atoms with Crippen molar-refractivity contribution in [2.75, 3.05) is 13.1 Å². The molecule has 0 bridgehead atoms. The summed E-state index contributed by atoms with van der Waals surface area (Å²) in [6, 6.07) is 0.906. The monoisotopic (exact) mass is 168 g/mol. The molecule has 1 aliphatic rings. The molecule has 1 fully saturated rings. The van der Waals surface area contributed by atoms with Gasteiger partial charge in [-0.2, -0.15) is 0 Å².